The first-order chi connectivity index (χ1) is 14.4. The van der Waals surface area contributed by atoms with Crippen LogP contribution in [0.3, 0.4) is 0 Å². The largest absolute Gasteiger partial charge is 0.507 e. The summed E-state index contributed by atoms with van der Waals surface area (Å²) in [4.78, 5) is 33.2. The van der Waals surface area contributed by atoms with Crippen LogP contribution in [0.15, 0.2) is 54.4 Å². The molecule has 1 aromatic carbocycles. The molecule has 1 atom stereocenters. The number of carbonyl (C=O) groups is 2. The van der Waals surface area contributed by atoms with Gasteiger partial charge in [-0.3, -0.25) is 14.6 Å². The van der Waals surface area contributed by atoms with Gasteiger partial charge in [-0.15, -0.1) is 0 Å². The fourth-order valence-corrected chi connectivity index (χ4v) is 3.40. The molecule has 158 valence electrons. The summed E-state index contributed by atoms with van der Waals surface area (Å²) in [5.74, 6) is -0.762. The van der Waals surface area contributed by atoms with E-state index in [1.807, 2.05) is 50.2 Å². The number of ether oxygens (including phenoxy) is 1. The molecule has 0 saturated carbocycles. The zero-order chi connectivity index (χ0) is 21.7. The number of hydrogen-bond acceptors (Lipinski definition) is 6. The second-order valence-corrected chi connectivity index (χ2v) is 7.45. The van der Waals surface area contributed by atoms with Crippen molar-refractivity contribution in [3.05, 3.63) is 65.5 Å². The molecule has 2 aromatic rings. The summed E-state index contributed by atoms with van der Waals surface area (Å²) in [6, 6.07) is 9.88. The second kappa shape index (κ2) is 9.54. The molecule has 1 unspecified atom stereocenters. The highest BCUT2D eigenvalue weighted by molar-refractivity contribution is 6.46. The molecule has 7 heteroatoms. The Morgan fingerprint density at radius 2 is 1.80 bits per heavy atom. The third-order valence-electron chi connectivity index (χ3n) is 4.95. The number of nitrogens with zero attached hydrogens (tertiary/aromatic N) is 3. The van der Waals surface area contributed by atoms with Crippen LogP contribution in [0.4, 0.5) is 0 Å². The second-order valence-electron chi connectivity index (χ2n) is 7.45. The summed E-state index contributed by atoms with van der Waals surface area (Å²) in [5, 5.41) is 10.9. The summed E-state index contributed by atoms with van der Waals surface area (Å²) in [6.07, 6.45) is 3.97. The van der Waals surface area contributed by atoms with Crippen molar-refractivity contribution in [1.29, 1.82) is 0 Å². The predicted octanol–water partition coefficient (Wildman–Crippen LogP) is 2.85. The first-order valence-corrected chi connectivity index (χ1v) is 10.00. The number of carbonyl (C=O) groups excluding carboxylic acids is 2. The van der Waals surface area contributed by atoms with E-state index in [4.69, 9.17) is 4.74 Å². The van der Waals surface area contributed by atoms with Crippen LogP contribution in [0.25, 0.3) is 5.76 Å². The normalized spacial score (nSPS) is 18.3. The molecule has 0 aliphatic carbocycles. The molecule has 1 N–H and O–H groups in total. The average molecular weight is 409 g/mol. The quantitative estimate of drug-likeness (QED) is 0.410. The van der Waals surface area contributed by atoms with Gasteiger partial charge in [-0.05, 0) is 50.3 Å². The minimum absolute atomic E-state index is 0.0900. The Morgan fingerprint density at radius 1 is 1.13 bits per heavy atom. The number of Topliss-reactive ketones (excluding diaryl/α,β-unsaturated/α-hetero) is 1. The van der Waals surface area contributed by atoms with E-state index in [-0.39, 0.29) is 11.3 Å². The van der Waals surface area contributed by atoms with Gasteiger partial charge >= 0.3 is 0 Å². The molecule has 7 nitrogen and oxygen atoms in total. The maximum absolute atomic E-state index is 12.9. The number of aromatic nitrogens is 1. The monoisotopic (exact) mass is 409 g/mol. The zero-order valence-electron chi connectivity index (χ0n) is 17.5. The van der Waals surface area contributed by atoms with Gasteiger partial charge in [-0.2, -0.15) is 0 Å². The van der Waals surface area contributed by atoms with Crippen LogP contribution in [-0.4, -0.2) is 65.4 Å². The Kier molecular flexibility index (Phi) is 6.84. The number of amides is 1. The van der Waals surface area contributed by atoms with Gasteiger partial charge in [0.05, 0.1) is 18.2 Å². The number of ketones is 1. The van der Waals surface area contributed by atoms with Gasteiger partial charge in [-0.25, -0.2) is 0 Å². The summed E-state index contributed by atoms with van der Waals surface area (Å²) in [5.41, 5.74) is 1.28. The van der Waals surface area contributed by atoms with Crippen molar-refractivity contribution in [2.75, 3.05) is 33.8 Å². The lowest BCUT2D eigenvalue weighted by atomic mass is 9.95. The molecule has 1 amide bonds. The molecular formula is C23H27N3O4. The molecule has 1 aliphatic heterocycles. The lowest BCUT2D eigenvalue weighted by molar-refractivity contribution is -0.140. The highest BCUT2D eigenvalue weighted by atomic mass is 16.5. The highest BCUT2D eigenvalue weighted by Crippen LogP contribution is 2.39. The van der Waals surface area contributed by atoms with Gasteiger partial charge in [0.1, 0.15) is 11.5 Å². The van der Waals surface area contributed by atoms with Crippen molar-refractivity contribution in [2.24, 2.45) is 0 Å². The zero-order valence-corrected chi connectivity index (χ0v) is 17.5. The van der Waals surface area contributed by atoms with Crippen molar-refractivity contribution in [3.8, 4) is 5.75 Å². The summed E-state index contributed by atoms with van der Waals surface area (Å²) in [6.45, 7) is 3.61. The van der Waals surface area contributed by atoms with E-state index in [1.54, 1.807) is 12.1 Å². The average Bonchev–Trinajstić information content (AvgIpc) is 3.01. The lowest BCUT2D eigenvalue weighted by Gasteiger charge is -2.26. The first-order valence-electron chi connectivity index (χ1n) is 10.00. The minimum atomic E-state index is -0.681. The molecule has 1 saturated heterocycles. The predicted molar refractivity (Wildman–Crippen MR) is 114 cm³/mol. The van der Waals surface area contributed by atoms with Crippen LogP contribution >= 0.6 is 0 Å². The highest BCUT2D eigenvalue weighted by Gasteiger charge is 2.45. The lowest BCUT2D eigenvalue weighted by Crippen LogP contribution is -2.35. The standard InChI is InChI=1S/C23H27N3O4/c1-4-15-30-18-7-5-16(6-8-18)20-19(21(27)17-9-11-24-12-10-17)22(28)23(29)26(20)14-13-25(2)3/h5-12,20,27H,4,13-15H2,1-3H3/b21-19+. The van der Waals surface area contributed by atoms with Gasteiger partial charge < -0.3 is 19.6 Å². The number of hydrogen-bond donors (Lipinski definition) is 1. The van der Waals surface area contributed by atoms with Gasteiger partial charge in [0.25, 0.3) is 11.7 Å². The van der Waals surface area contributed by atoms with Crippen LogP contribution in [-0.2, 0) is 9.59 Å². The van der Waals surface area contributed by atoms with Crippen LogP contribution in [0.1, 0.15) is 30.5 Å². The number of aliphatic hydroxyl groups is 1. The smallest absolute Gasteiger partial charge is 0.295 e. The van der Waals surface area contributed by atoms with Gasteiger partial charge in [-0.1, -0.05) is 19.1 Å². The van der Waals surface area contributed by atoms with Crippen molar-refractivity contribution < 1.29 is 19.4 Å². The number of benzene rings is 1. The van der Waals surface area contributed by atoms with Crippen LogP contribution in [0.5, 0.6) is 5.75 Å². The minimum Gasteiger partial charge on any atom is -0.507 e. The fraction of sp³-hybridized carbons (Fsp3) is 0.348. The Balaban J connectivity index is 2.05. The summed E-state index contributed by atoms with van der Waals surface area (Å²) >= 11 is 0. The molecule has 3 rings (SSSR count). The van der Waals surface area contributed by atoms with Gasteiger partial charge in [0.15, 0.2) is 0 Å². The summed E-state index contributed by atoms with van der Waals surface area (Å²) < 4.78 is 5.64. The molecular weight excluding hydrogens is 382 g/mol. The van der Waals surface area contributed by atoms with E-state index in [9.17, 15) is 14.7 Å². The molecule has 0 radical (unpaired) electrons. The topological polar surface area (TPSA) is 83.0 Å². The van der Waals surface area contributed by atoms with Gasteiger partial charge in [0.2, 0.25) is 0 Å². The molecule has 1 fully saturated rings. The number of likely N-dealkylation sites (N-methyl/N-ethyl adjacent to an activating group) is 1. The van der Waals surface area contributed by atoms with E-state index in [1.165, 1.54) is 17.3 Å². The third kappa shape index (κ3) is 4.52. The Morgan fingerprint density at radius 3 is 2.40 bits per heavy atom. The van der Waals surface area contributed by atoms with Crippen molar-refractivity contribution in [1.82, 2.24) is 14.8 Å². The van der Waals surface area contributed by atoms with Crippen molar-refractivity contribution >= 4 is 17.4 Å². The fourth-order valence-electron chi connectivity index (χ4n) is 3.40. The van der Waals surface area contributed by atoms with E-state index >= 15 is 0 Å². The number of likely N-dealkylation sites (tertiary alicyclic amines) is 1. The number of rotatable bonds is 8. The molecule has 2 heterocycles. The van der Waals surface area contributed by atoms with E-state index < -0.39 is 17.7 Å². The Labute approximate surface area is 176 Å². The Bertz CT molecular complexity index is 923. The van der Waals surface area contributed by atoms with E-state index in [0.717, 1.165) is 17.7 Å². The van der Waals surface area contributed by atoms with E-state index in [0.29, 0.717) is 25.3 Å². The molecule has 1 aromatic heterocycles. The van der Waals surface area contributed by atoms with Crippen LogP contribution < -0.4 is 4.74 Å². The SMILES string of the molecule is CCCOc1ccc(C2/C(=C(\O)c3ccncc3)C(=O)C(=O)N2CCN(C)C)cc1. The van der Waals surface area contributed by atoms with Crippen LogP contribution in [0.2, 0.25) is 0 Å². The number of pyridine rings is 1. The van der Waals surface area contributed by atoms with E-state index in [2.05, 4.69) is 4.98 Å². The number of aliphatic hydroxyl groups excluding tert-OH is 1. The van der Waals surface area contributed by atoms with Crippen molar-refractivity contribution in [2.45, 2.75) is 19.4 Å². The molecule has 0 bridgehead atoms. The Hall–Kier alpha value is -3.19. The molecule has 1 aliphatic rings. The van der Waals surface area contributed by atoms with Gasteiger partial charge in [0, 0.05) is 31.0 Å². The summed E-state index contributed by atoms with van der Waals surface area (Å²) in [7, 11) is 3.81. The maximum atomic E-state index is 12.9. The first kappa shape index (κ1) is 21.5. The van der Waals surface area contributed by atoms with Crippen LogP contribution in [0, 0.1) is 0 Å². The maximum Gasteiger partial charge on any atom is 0.295 e. The molecule has 0 spiro atoms. The van der Waals surface area contributed by atoms with Crippen molar-refractivity contribution in [3.63, 3.8) is 0 Å². The molecule has 30 heavy (non-hydrogen) atoms. The third-order valence-corrected chi connectivity index (χ3v) is 4.95.